The van der Waals surface area contributed by atoms with E-state index in [9.17, 15) is 0 Å². The van der Waals surface area contributed by atoms with E-state index in [2.05, 4.69) is 254 Å². The highest BCUT2D eigenvalue weighted by Gasteiger charge is 2.53. The monoisotopic (exact) mass is 903 g/mol. The van der Waals surface area contributed by atoms with Crippen molar-refractivity contribution in [3.8, 4) is 45.3 Å². The lowest BCUT2D eigenvalue weighted by Gasteiger charge is -2.40. The molecule has 2 aliphatic heterocycles. The molecule has 12 aromatic carbocycles. The largest absolute Gasteiger partial charge is 0.457 e. The molecule has 0 amide bonds. The van der Waals surface area contributed by atoms with Crippen molar-refractivity contribution in [1.29, 1.82) is 0 Å². The SMILES string of the molecule is c1ccc2c(c1)Oc1ccccc1C21c2ccccc2-c2cc(N(c3ccc4c(c3)C3(c5ccccc5Oc5ccccc53)c3ccccc3-4)c3ccc4c5ccccc5c5ccccc5c4c3)ccc21. The number of benzene rings is 12. The van der Waals surface area contributed by atoms with Gasteiger partial charge in [-0.05, 0) is 137 Å². The van der Waals surface area contributed by atoms with E-state index in [-0.39, 0.29) is 0 Å². The fourth-order valence-corrected chi connectivity index (χ4v) is 13.4. The summed E-state index contributed by atoms with van der Waals surface area (Å²) in [5.41, 5.74) is 16.6. The maximum atomic E-state index is 6.76. The molecular weight excluding hydrogens is 863 g/mol. The van der Waals surface area contributed by atoms with Gasteiger partial charge in [-0.3, -0.25) is 0 Å². The summed E-state index contributed by atoms with van der Waals surface area (Å²) in [6, 6.07) is 91.6. The Bertz CT molecular complexity index is 4150. The third kappa shape index (κ3) is 4.97. The van der Waals surface area contributed by atoms with Gasteiger partial charge in [-0.2, -0.15) is 0 Å². The molecule has 0 saturated heterocycles. The van der Waals surface area contributed by atoms with E-state index < -0.39 is 10.8 Å². The first-order chi connectivity index (χ1) is 35.2. The lowest BCUT2D eigenvalue weighted by Crippen LogP contribution is -2.32. The van der Waals surface area contributed by atoms with Crippen LogP contribution in [0.4, 0.5) is 17.1 Å². The van der Waals surface area contributed by atoms with Crippen molar-refractivity contribution in [2.45, 2.75) is 10.8 Å². The summed E-state index contributed by atoms with van der Waals surface area (Å²) in [4.78, 5) is 2.50. The van der Waals surface area contributed by atoms with Crippen molar-refractivity contribution in [2.24, 2.45) is 0 Å². The Kier molecular flexibility index (Phi) is 7.75. The van der Waals surface area contributed by atoms with Gasteiger partial charge in [0.1, 0.15) is 23.0 Å². The van der Waals surface area contributed by atoms with Gasteiger partial charge < -0.3 is 14.4 Å². The second-order valence-electron chi connectivity index (χ2n) is 19.4. The topological polar surface area (TPSA) is 21.7 Å². The van der Waals surface area contributed by atoms with Gasteiger partial charge in [0, 0.05) is 39.3 Å². The molecule has 3 nitrogen and oxygen atoms in total. The minimum Gasteiger partial charge on any atom is -0.457 e. The van der Waals surface area contributed by atoms with Crippen molar-refractivity contribution >= 4 is 49.4 Å². The number of hydrogen-bond donors (Lipinski definition) is 0. The highest BCUT2D eigenvalue weighted by atomic mass is 16.5. The lowest BCUT2D eigenvalue weighted by atomic mass is 9.66. The van der Waals surface area contributed by atoms with Crippen LogP contribution in [0.1, 0.15) is 44.5 Å². The Morgan fingerprint density at radius 3 is 1.10 bits per heavy atom. The molecule has 16 rings (SSSR count). The summed E-state index contributed by atoms with van der Waals surface area (Å²) < 4.78 is 13.5. The van der Waals surface area contributed by atoms with Crippen LogP contribution < -0.4 is 14.4 Å². The van der Waals surface area contributed by atoms with Crippen LogP contribution in [0.5, 0.6) is 23.0 Å². The maximum absolute atomic E-state index is 6.76. The zero-order valence-corrected chi connectivity index (χ0v) is 38.4. The lowest BCUT2D eigenvalue weighted by molar-refractivity contribution is 0.436. The predicted octanol–water partition coefficient (Wildman–Crippen LogP) is 17.6. The van der Waals surface area contributed by atoms with Crippen molar-refractivity contribution in [1.82, 2.24) is 0 Å². The minimum atomic E-state index is -0.620. The third-order valence-electron chi connectivity index (χ3n) is 16.2. The molecule has 0 bridgehead atoms. The number of ether oxygens (including phenoxy) is 2. The molecule has 4 aliphatic rings. The molecule has 330 valence electrons. The molecule has 12 aromatic rings. The quantitative estimate of drug-likeness (QED) is 0.165. The van der Waals surface area contributed by atoms with Crippen LogP contribution in [0.15, 0.2) is 249 Å². The van der Waals surface area contributed by atoms with Gasteiger partial charge in [0.15, 0.2) is 0 Å². The van der Waals surface area contributed by atoms with Crippen LogP contribution in [-0.2, 0) is 10.8 Å². The fraction of sp³-hybridized carbons (Fsp3) is 0.0294. The van der Waals surface area contributed by atoms with Gasteiger partial charge in [0.2, 0.25) is 0 Å². The molecule has 3 heteroatoms. The average Bonchev–Trinajstić information content (AvgIpc) is 3.88. The number of para-hydroxylation sites is 4. The van der Waals surface area contributed by atoms with E-state index in [0.29, 0.717) is 0 Å². The van der Waals surface area contributed by atoms with Crippen molar-refractivity contribution in [3.05, 3.63) is 293 Å². The van der Waals surface area contributed by atoms with Crippen LogP contribution in [0.2, 0.25) is 0 Å². The van der Waals surface area contributed by atoms with Crippen molar-refractivity contribution < 1.29 is 9.47 Å². The molecule has 0 radical (unpaired) electrons. The second kappa shape index (κ2) is 14.2. The first kappa shape index (κ1) is 38.8. The van der Waals surface area contributed by atoms with Gasteiger partial charge in [-0.25, -0.2) is 0 Å². The summed E-state index contributed by atoms with van der Waals surface area (Å²) in [6.45, 7) is 0. The van der Waals surface area contributed by atoms with Crippen LogP contribution in [-0.4, -0.2) is 0 Å². The Morgan fingerprint density at radius 1 is 0.225 bits per heavy atom. The normalized spacial score (nSPS) is 14.4. The number of nitrogens with zero attached hydrogens (tertiary/aromatic N) is 1. The van der Waals surface area contributed by atoms with E-state index >= 15 is 0 Å². The van der Waals surface area contributed by atoms with Gasteiger partial charge >= 0.3 is 0 Å². The van der Waals surface area contributed by atoms with Crippen molar-refractivity contribution in [2.75, 3.05) is 4.90 Å². The van der Waals surface area contributed by atoms with Crippen molar-refractivity contribution in [3.63, 3.8) is 0 Å². The van der Waals surface area contributed by atoms with Crippen LogP contribution in [0.25, 0.3) is 54.6 Å². The molecule has 0 N–H and O–H groups in total. The van der Waals surface area contributed by atoms with E-state index in [1.165, 1.54) is 76.8 Å². The maximum Gasteiger partial charge on any atom is 0.132 e. The number of rotatable bonds is 3. The first-order valence-electron chi connectivity index (χ1n) is 24.6. The molecule has 71 heavy (non-hydrogen) atoms. The molecular formula is C68H41NO2. The predicted molar refractivity (Wildman–Crippen MR) is 288 cm³/mol. The smallest absolute Gasteiger partial charge is 0.132 e. The number of anilines is 3. The summed E-state index contributed by atoms with van der Waals surface area (Å²) >= 11 is 0. The Balaban J connectivity index is 0.991. The molecule has 2 aliphatic carbocycles. The van der Waals surface area contributed by atoms with Crippen LogP contribution in [0, 0.1) is 0 Å². The third-order valence-corrected chi connectivity index (χ3v) is 16.2. The molecule has 0 unspecified atom stereocenters. The summed E-state index contributed by atoms with van der Waals surface area (Å²) in [5, 5.41) is 7.48. The zero-order valence-electron chi connectivity index (χ0n) is 38.4. The molecule has 2 heterocycles. The molecule has 0 saturated carbocycles. The Hall–Kier alpha value is -9.18. The minimum absolute atomic E-state index is 0.570. The summed E-state index contributed by atoms with van der Waals surface area (Å²) in [6.07, 6.45) is 0. The van der Waals surface area contributed by atoms with Crippen LogP contribution >= 0.6 is 0 Å². The first-order valence-corrected chi connectivity index (χ1v) is 24.6. The highest BCUT2D eigenvalue weighted by molar-refractivity contribution is 6.25. The fourth-order valence-electron chi connectivity index (χ4n) is 13.4. The van der Waals surface area contributed by atoms with Gasteiger partial charge in [0.25, 0.3) is 0 Å². The van der Waals surface area contributed by atoms with Gasteiger partial charge in [0.05, 0.1) is 10.8 Å². The molecule has 0 fully saturated rings. The van der Waals surface area contributed by atoms with Gasteiger partial charge in [-0.15, -0.1) is 0 Å². The standard InChI is InChI=1S/C68H41NO2/c1-2-19-47-45(17-1)46-18-3-4-20-48(46)53-39-42(33-36-49(47)53)69(43-35-38-57-54(40-43)51-22-6-8-24-56(51)67(57)58-25-9-13-29-63(58)70-64-30-14-10-26-59(64)67)44-34-37-52-50-21-5-7-23-55(50)68(62(52)41-44)60-27-11-15-31-65(60)71-66-32-16-12-28-61(66)68/h1-41H. The Labute approximate surface area is 411 Å². The highest BCUT2D eigenvalue weighted by Crippen LogP contribution is 2.65. The average molecular weight is 904 g/mol. The molecule has 2 spiro atoms. The number of fused-ring (bicyclic) bond motifs is 24. The Morgan fingerprint density at radius 2 is 0.563 bits per heavy atom. The van der Waals surface area contributed by atoms with E-state index in [0.717, 1.165) is 62.3 Å². The molecule has 0 aromatic heterocycles. The van der Waals surface area contributed by atoms with E-state index in [1.54, 1.807) is 0 Å². The van der Waals surface area contributed by atoms with E-state index in [4.69, 9.17) is 9.47 Å². The molecule has 0 atom stereocenters. The van der Waals surface area contributed by atoms with Crippen LogP contribution in [0.3, 0.4) is 0 Å². The summed E-state index contributed by atoms with van der Waals surface area (Å²) in [7, 11) is 0. The number of hydrogen-bond acceptors (Lipinski definition) is 3. The van der Waals surface area contributed by atoms with E-state index in [1.807, 2.05) is 0 Å². The van der Waals surface area contributed by atoms with Gasteiger partial charge in [-0.1, -0.05) is 188 Å². The second-order valence-corrected chi connectivity index (χ2v) is 19.4. The summed E-state index contributed by atoms with van der Waals surface area (Å²) in [5.74, 6) is 3.54. The zero-order chi connectivity index (χ0) is 46.4.